The molecule has 0 atom stereocenters. The molecule has 0 radical (unpaired) electrons. The van der Waals surface area contributed by atoms with E-state index in [0.29, 0.717) is 16.7 Å². The summed E-state index contributed by atoms with van der Waals surface area (Å²) >= 11 is 12.8. The van der Waals surface area contributed by atoms with Gasteiger partial charge in [0.1, 0.15) is 11.1 Å². The average molecular weight is 625 g/mol. The van der Waals surface area contributed by atoms with Crippen molar-refractivity contribution in [2.24, 2.45) is 0 Å². The van der Waals surface area contributed by atoms with E-state index >= 15 is 0 Å². The summed E-state index contributed by atoms with van der Waals surface area (Å²) in [5.41, 5.74) is 1.53. The molecular weight excluding hydrogens is 577 g/mol. The lowest BCUT2D eigenvalue weighted by Gasteiger charge is -2.16. The van der Waals surface area contributed by atoms with Crippen LogP contribution in [0.15, 0.2) is 30.3 Å². The first-order valence-electron chi connectivity index (χ1n) is 14.7. The Morgan fingerprint density at radius 1 is 0.667 bits per heavy atom. The first-order chi connectivity index (χ1) is 19.7. The van der Waals surface area contributed by atoms with Gasteiger partial charge < -0.3 is 25.8 Å². The summed E-state index contributed by atoms with van der Waals surface area (Å²) in [5, 5.41) is 19.8. The molecule has 0 heterocycles. The third-order valence-corrected chi connectivity index (χ3v) is 7.80. The first-order valence-corrected chi connectivity index (χ1v) is 15.4. The van der Waals surface area contributed by atoms with Gasteiger partial charge in [-0.2, -0.15) is 0 Å². The van der Waals surface area contributed by atoms with Crippen molar-refractivity contribution in [2.45, 2.75) is 96.8 Å². The molecule has 0 aromatic heterocycles. The fraction of sp³-hybridized carbons (Fsp3) is 0.515. The second-order valence-electron chi connectivity index (χ2n) is 10.3. The van der Waals surface area contributed by atoms with E-state index in [0.717, 1.165) is 25.7 Å². The molecule has 234 valence electrons. The Morgan fingerprint density at radius 3 is 1.36 bits per heavy atom. The Labute approximate surface area is 260 Å². The van der Waals surface area contributed by atoms with Crippen LogP contribution in [0.25, 0.3) is 5.57 Å². The SMILES string of the molecule is CCCCCCCCCCCCCCCC=C(c1cc(Cl)c(OC)c(C(=O)O)c1)c1cc(Cl)c(OC)c(C(=O)O)c1.N. The van der Waals surface area contributed by atoms with E-state index in [-0.39, 0.29) is 38.8 Å². The van der Waals surface area contributed by atoms with Gasteiger partial charge in [-0.25, -0.2) is 9.59 Å². The summed E-state index contributed by atoms with van der Waals surface area (Å²) in [6, 6.07) is 6.23. The zero-order valence-corrected chi connectivity index (χ0v) is 26.8. The number of rotatable bonds is 20. The van der Waals surface area contributed by atoms with Crippen LogP contribution in [0.2, 0.25) is 10.0 Å². The summed E-state index contributed by atoms with van der Waals surface area (Å²) in [4.78, 5) is 23.9. The van der Waals surface area contributed by atoms with Gasteiger partial charge in [0.25, 0.3) is 0 Å². The quantitative estimate of drug-likeness (QED) is 0.125. The molecule has 0 aliphatic carbocycles. The molecule has 0 saturated heterocycles. The van der Waals surface area contributed by atoms with E-state index in [1.165, 1.54) is 90.6 Å². The lowest BCUT2D eigenvalue weighted by molar-refractivity contribution is 0.0682. The largest absolute Gasteiger partial charge is 0.494 e. The molecule has 5 N–H and O–H groups in total. The minimum Gasteiger partial charge on any atom is -0.494 e. The second-order valence-corrected chi connectivity index (χ2v) is 11.2. The molecule has 0 unspecified atom stereocenters. The lowest BCUT2D eigenvalue weighted by Crippen LogP contribution is -2.05. The van der Waals surface area contributed by atoms with Crippen LogP contribution >= 0.6 is 23.2 Å². The number of carboxylic acids is 2. The number of carboxylic acid groups (broad SMARTS) is 2. The number of ether oxygens (including phenoxy) is 2. The molecule has 0 fully saturated rings. The Hall–Kier alpha value is -2.74. The van der Waals surface area contributed by atoms with Gasteiger partial charge in [-0.3, -0.25) is 0 Å². The Morgan fingerprint density at radius 2 is 1.02 bits per heavy atom. The van der Waals surface area contributed by atoms with Gasteiger partial charge in [0.2, 0.25) is 0 Å². The molecule has 42 heavy (non-hydrogen) atoms. The topological polar surface area (TPSA) is 128 Å². The van der Waals surface area contributed by atoms with Crippen LogP contribution in [0.5, 0.6) is 11.5 Å². The highest BCUT2D eigenvalue weighted by Gasteiger charge is 2.21. The highest BCUT2D eigenvalue weighted by atomic mass is 35.5. The fourth-order valence-corrected chi connectivity index (χ4v) is 5.63. The van der Waals surface area contributed by atoms with E-state index in [4.69, 9.17) is 32.7 Å². The summed E-state index contributed by atoms with van der Waals surface area (Å²) in [6.45, 7) is 2.25. The Bertz CT molecular complexity index is 1110. The van der Waals surface area contributed by atoms with E-state index in [1.54, 1.807) is 12.1 Å². The molecule has 9 heteroatoms. The molecule has 0 aliphatic rings. The van der Waals surface area contributed by atoms with Gasteiger partial charge in [-0.1, -0.05) is 113 Å². The number of unbranched alkanes of at least 4 members (excludes halogenated alkanes) is 13. The molecule has 2 aromatic carbocycles. The minimum absolute atomic E-state index is 0. The average Bonchev–Trinajstić information content (AvgIpc) is 2.94. The van der Waals surface area contributed by atoms with Gasteiger partial charge in [-0.05, 0) is 53.8 Å². The smallest absolute Gasteiger partial charge is 0.339 e. The number of aromatic carboxylic acids is 2. The Balaban J connectivity index is 0.00000882. The van der Waals surface area contributed by atoms with Crippen LogP contribution in [0.3, 0.4) is 0 Å². The van der Waals surface area contributed by atoms with Crippen LogP contribution in [0.1, 0.15) is 129 Å². The third kappa shape index (κ3) is 11.5. The van der Waals surface area contributed by atoms with E-state index in [2.05, 4.69) is 6.92 Å². The van der Waals surface area contributed by atoms with Crippen molar-refractivity contribution in [3.8, 4) is 11.5 Å². The maximum absolute atomic E-state index is 11.9. The first kappa shape index (κ1) is 37.3. The van der Waals surface area contributed by atoms with Crippen LogP contribution in [-0.2, 0) is 0 Å². The van der Waals surface area contributed by atoms with Crippen molar-refractivity contribution in [3.05, 3.63) is 62.6 Å². The molecular formula is C33H47Cl2NO6. The predicted molar refractivity (Wildman–Crippen MR) is 172 cm³/mol. The van der Waals surface area contributed by atoms with E-state index in [1.807, 2.05) is 6.08 Å². The van der Waals surface area contributed by atoms with Crippen molar-refractivity contribution >= 4 is 40.7 Å². The molecule has 7 nitrogen and oxygen atoms in total. The van der Waals surface area contributed by atoms with Crippen LogP contribution in [-0.4, -0.2) is 36.4 Å². The monoisotopic (exact) mass is 623 g/mol. The number of hydrogen-bond donors (Lipinski definition) is 3. The van der Waals surface area contributed by atoms with Crippen LogP contribution in [0.4, 0.5) is 0 Å². The number of halogens is 2. The minimum atomic E-state index is -1.18. The van der Waals surface area contributed by atoms with Gasteiger partial charge >= 0.3 is 11.9 Å². The van der Waals surface area contributed by atoms with Crippen molar-refractivity contribution in [1.29, 1.82) is 0 Å². The molecule has 2 aromatic rings. The lowest BCUT2D eigenvalue weighted by atomic mass is 9.93. The highest BCUT2D eigenvalue weighted by molar-refractivity contribution is 6.33. The van der Waals surface area contributed by atoms with Crippen LogP contribution in [0, 0.1) is 0 Å². The van der Waals surface area contributed by atoms with Crippen molar-refractivity contribution in [2.75, 3.05) is 14.2 Å². The number of methoxy groups -OCH3 is 2. The zero-order chi connectivity index (χ0) is 30.2. The predicted octanol–water partition coefficient (Wildman–Crippen LogP) is 10.5. The number of allylic oxidation sites excluding steroid dienone is 1. The summed E-state index contributed by atoms with van der Waals surface area (Å²) in [7, 11) is 2.72. The maximum atomic E-state index is 11.9. The molecule has 0 amide bonds. The third-order valence-electron chi connectivity index (χ3n) is 7.23. The number of hydrogen-bond acceptors (Lipinski definition) is 5. The molecule has 0 bridgehead atoms. The van der Waals surface area contributed by atoms with E-state index in [9.17, 15) is 19.8 Å². The highest BCUT2D eigenvalue weighted by Crippen LogP contribution is 2.38. The molecule has 0 aliphatic heterocycles. The summed E-state index contributed by atoms with van der Waals surface area (Å²) in [6.07, 6.45) is 19.1. The van der Waals surface area contributed by atoms with Crippen molar-refractivity contribution in [3.63, 3.8) is 0 Å². The van der Waals surface area contributed by atoms with Gasteiger partial charge in [0.15, 0.2) is 11.5 Å². The number of benzene rings is 2. The van der Waals surface area contributed by atoms with Crippen molar-refractivity contribution in [1.82, 2.24) is 6.15 Å². The Kier molecular flexibility index (Phi) is 17.9. The maximum Gasteiger partial charge on any atom is 0.339 e. The standard InChI is InChI=1S/C33H44Cl2O6.H3N/c1-4-5-6-7-8-9-10-11-12-13-14-15-16-17-18-25(23-19-26(32(36)37)30(40-2)28(34)21-23)24-20-27(33(38)39)31(41-3)29(35)22-24;/h18-22H,4-17H2,1-3H3,(H,36,37)(H,38,39);1H3. The van der Waals surface area contributed by atoms with Gasteiger partial charge in [0.05, 0.1) is 24.3 Å². The van der Waals surface area contributed by atoms with E-state index < -0.39 is 11.9 Å². The molecule has 2 rings (SSSR count). The van der Waals surface area contributed by atoms with Gasteiger partial charge in [0, 0.05) is 0 Å². The van der Waals surface area contributed by atoms with Crippen molar-refractivity contribution < 1.29 is 29.3 Å². The zero-order valence-electron chi connectivity index (χ0n) is 25.3. The second kappa shape index (κ2) is 20.2. The van der Waals surface area contributed by atoms with Gasteiger partial charge in [-0.15, -0.1) is 0 Å². The normalized spacial score (nSPS) is 10.6. The fourth-order valence-electron chi connectivity index (χ4n) is 5.04. The summed E-state index contributed by atoms with van der Waals surface area (Å²) in [5.74, 6) is -2.23. The number of carbonyl (C=O) groups is 2. The summed E-state index contributed by atoms with van der Waals surface area (Å²) < 4.78 is 10.4. The molecule has 0 saturated carbocycles. The molecule has 0 spiro atoms. The van der Waals surface area contributed by atoms with Crippen LogP contribution < -0.4 is 15.6 Å².